The predicted molar refractivity (Wildman–Crippen MR) is 56.5 cm³/mol. The second-order valence-electron chi connectivity index (χ2n) is 3.50. The fourth-order valence-corrected chi connectivity index (χ4v) is 1.20. The highest BCUT2D eigenvalue weighted by atomic mass is 19.4. The molecule has 0 radical (unpaired) electrons. The molecule has 96 valence electrons. The van der Waals surface area contributed by atoms with E-state index >= 15 is 0 Å². The Morgan fingerprint density at radius 3 is 2.59 bits per heavy atom. The summed E-state index contributed by atoms with van der Waals surface area (Å²) >= 11 is 0. The van der Waals surface area contributed by atoms with Crippen molar-refractivity contribution in [3.63, 3.8) is 0 Å². The second kappa shape index (κ2) is 5.88. The van der Waals surface area contributed by atoms with Crippen LogP contribution in [0.15, 0.2) is 24.3 Å². The molecule has 0 aliphatic rings. The van der Waals surface area contributed by atoms with E-state index in [4.69, 9.17) is 10.5 Å². The predicted octanol–water partition coefficient (Wildman–Crippen LogP) is 2.62. The first kappa shape index (κ1) is 13.8. The molecule has 3 nitrogen and oxygen atoms in total. The molecule has 17 heavy (non-hydrogen) atoms. The summed E-state index contributed by atoms with van der Waals surface area (Å²) in [5, 5.41) is 0. The van der Waals surface area contributed by atoms with E-state index < -0.39 is 13.0 Å². The van der Waals surface area contributed by atoms with Crippen molar-refractivity contribution < 1.29 is 22.6 Å². The lowest BCUT2D eigenvalue weighted by Gasteiger charge is -2.11. The standard InChI is InChI=1S/C11H14F3NO2/c1-8(15)9-3-2-4-10(7-9)16-5-6-17-11(12,13)14/h2-4,7-8H,5-6,15H2,1H3/t8-/m1/s1. The fraction of sp³-hybridized carbons (Fsp3) is 0.455. The molecule has 0 aliphatic heterocycles. The average Bonchev–Trinajstić information content (AvgIpc) is 2.23. The molecular formula is C11H14F3NO2. The summed E-state index contributed by atoms with van der Waals surface area (Å²) < 4.78 is 43.7. The number of benzene rings is 1. The van der Waals surface area contributed by atoms with Gasteiger partial charge >= 0.3 is 6.36 Å². The number of hydrogen-bond donors (Lipinski definition) is 1. The van der Waals surface area contributed by atoms with Gasteiger partial charge in [0, 0.05) is 6.04 Å². The zero-order valence-electron chi connectivity index (χ0n) is 9.33. The topological polar surface area (TPSA) is 44.5 Å². The molecule has 1 aromatic carbocycles. The molecule has 0 spiro atoms. The molecular weight excluding hydrogens is 235 g/mol. The van der Waals surface area contributed by atoms with E-state index in [1.54, 1.807) is 18.2 Å². The molecule has 0 amide bonds. The minimum absolute atomic E-state index is 0.148. The van der Waals surface area contributed by atoms with Gasteiger partial charge in [-0.05, 0) is 24.6 Å². The average molecular weight is 249 g/mol. The van der Waals surface area contributed by atoms with E-state index in [0.29, 0.717) is 5.75 Å². The lowest BCUT2D eigenvalue weighted by molar-refractivity contribution is -0.325. The summed E-state index contributed by atoms with van der Waals surface area (Å²) in [4.78, 5) is 0. The maximum atomic E-state index is 11.7. The SMILES string of the molecule is C[C@@H](N)c1cccc(OCCOC(F)(F)F)c1. The van der Waals surface area contributed by atoms with Crippen molar-refractivity contribution in [2.75, 3.05) is 13.2 Å². The molecule has 0 fully saturated rings. The highest BCUT2D eigenvalue weighted by molar-refractivity contribution is 5.30. The first-order chi connectivity index (χ1) is 7.88. The Morgan fingerprint density at radius 1 is 1.29 bits per heavy atom. The van der Waals surface area contributed by atoms with E-state index in [0.717, 1.165) is 5.56 Å². The maximum absolute atomic E-state index is 11.7. The van der Waals surface area contributed by atoms with Crippen LogP contribution in [0.1, 0.15) is 18.5 Å². The lowest BCUT2D eigenvalue weighted by atomic mass is 10.1. The molecule has 6 heteroatoms. The third-order valence-electron chi connectivity index (χ3n) is 2.00. The third-order valence-corrected chi connectivity index (χ3v) is 2.00. The van der Waals surface area contributed by atoms with Gasteiger partial charge in [0.25, 0.3) is 0 Å². The number of nitrogens with two attached hydrogens (primary N) is 1. The van der Waals surface area contributed by atoms with Crippen LogP contribution in [-0.4, -0.2) is 19.6 Å². The van der Waals surface area contributed by atoms with Crippen molar-refractivity contribution in [2.24, 2.45) is 5.73 Å². The van der Waals surface area contributed by atoms with Gasteiger partial charge in [-0.25, -0.2) is 0 Å². The van der Waals surface area contributed by atoms with Crippen LogP contribution in [-0.2, 0) is 4.74 Å². The van der Waals surface area contributed by atoms with E-state index in [-0.39, 0.29) is 12.6 Å². The zero-order valence-corrected chi connectivity index (χ0v) is 9.33. The molecule has 0 aliphatic carbocycles. The van der Waals surface area contributed by atoms with Gasteiger partial charge in [0.2, 0.25) is 0 Å². The largest absolute Gasteiger partial charge is 0.522 e. The van der Waals surface area contributed by atoms with Crippen LogP contribution in [0.25, 0.3) is 0 Å². The molecule has 0 bridgehead atoms. The Labute approximate surface area is 97.3 Å². The highest BCUT2D eigenvalue weighted by Crippen LogP contribution is 2.18. The summed E-state index contributed by atoms with van der Waals surface area (Å²) in [5.41, 5.74) is 6.53. The minimum atomic E-state index is -4.61. The summed E-state index contributed by atoms with van der Waals surface area (Å²) in [6, 6.07) is 6.75. The van der Waals surface area contributed by atoms with Crippen molar-refractivity contribution in [1.82, 2.24) is 0 Å². The molecule has 0 unspecified atom stereocenters. The minimum Gasteiger partial charge on any atom is -0.491 e. The molecule has 2 N–H and O–H groups in total. The molecule has 0 saturated carbocycles. The van der Waals surface area contributed by atoms with Crippen molar-refractivity contribution in [3.05, 3.63) is 29.8 Å². The van der Waals surface area contributed by atoms with E-state index in [1.807, 2.05) is 13.0 Å². The normalized spacial score (nSPS) is 13.5. The number of alkyl halides is 3. The highest BCUT2D eigenvalue weighted by Gasteiger charge is 2.28. The zero-order chi connectivity index (χ0) is 12.9. The van der Waals surface area contributed by atoms with Gasteiger partial charge in [-0.2, -0.15) is 0 Å². The van der Waals surface area contributed by atoms with Gasteiger partial charge in [-0.15, -0.1) is 13.2 Å². The molecule has 0 heterocycles. The van der Waals surface area contributed by atoms with Gasteiger partial charge in [-0.1, -0.05) is 12.1 Å². The van der Waals surface area contributed by atoms with Gasteiger partial charge < -0.3 is 10.5 Å². The molecule has 1 aromatic rings. The van der Waals surface area contributed by atoms with E-state index in [1.165, 1.54) is 0 Å². The lowest BCUT2D eigenvalue weighted by Crippen LogP contribution is -2.18. The van der Waals surface area contributed by atoms with Crippen LogP contribution >= 0.6 is 0 Å². The van der Waals surface area contributed by atoms with Gasteiger partial charge in [0.1, 0.15) is 12.4 Å². The smallest absolute Gasteiger partial charge is 0.491 e. The van der Waals surface area contributed by atoms with Gasteiger partial charge in [-0.3, -0.25) is 4.74 Å². The van der Waals surface area contributed by atoms with Gasteiger partial charge in [0.15, 0.2) is 0 Å². The molecule has 1 atom stereocenters. The molecule has 1 rings (SSSR count). The summed E-state index contributed by atoms with van der Waals surface area (Å²) in [5.74, 6) is 0.477. The second-order valence-corrected chi connectivity index (χ2v) is 3.50. The first-order valence-electron chi connectivity index (χ1n) is 5.07. The van der Waals surface area contributed by atoms with Crippen LogP contribution in [0.3, 0.4) is 0 Å². The van der Waals surface area contributed by atoms with Crippen molar-refractivity contribution >= 4 is 0 Å². The van der Waals surface area contributed by atoms with Gasteiger partial charge in [0.05, 0.1) is 6.61 Å². The van der Waals surface area contributed by atoms with E-state index in [9.17, 15) is 13.2 Å². The maximum Gasteiger partial charge on any atom is 0.522 e. The van der Waals surface area contributed by atoms with Crippen molar-refractivity contribution in [1.29, 1.82) is 0 Å². The monoisotopic (exact) mass is 249 g/mol. The fourth-order valence-electron chi connectivity index (χ4n) is 1.20. The van der Waals surface area contributed by atoms with Crippen LogP contribution in [0.5, 0.6) is 5.75 Å². The Morgan fingerprint density at radius 2 is 2.00 bits per heavy atom. The van der Waals surface area contributed by atoms with Crippen molar-refractivity contribution in [3.8, 4) is 5.75 Å². The van der Waals surface area contributed by atoms with Crippen LogP contribution < -0.4 is 10.5 Å². The van der Waals surface area contributed by atoms with Crippen LogP contribution in [0.4, 0.5) is 13.2 Å². The molecule has 0 saturated heterocycles. The van der Waals surface area contributed by atoms with Crippen LogP contribution in [0, 0.1) is 0 Å². The van der Waals surface area contributed by atoms with Crippen molar-refractivity contribution in [2.45, 2.75) is 19.3 Å². The summed E-state index contributed by atoms with van der Waals surface area (Å²) in [6.07, 6.45) is -4.61. The summed E-state index contributed by atoms with van der Waals surface area (Å²) in [7, 11) is 0. The number of ether oxygens (including phenoxy) is 2. The summed E-state index contributed by atoms with van der Waals surface area (Å²) in [6.45, 7) is 1.11. The Balaban J connectivity index is 2.39. The number of rotatable bonds is 5. The van der Waals surface area contributed by atoms with E-state index in [2.05, 4.69) is 4.74 Å². The molecule has 0 aromatic heterocycles. The van der Waals surface area contributed by atoms with Crippen LogP contribution in [0.2, 0.25) is 0 Å². The third kappa shape index (κ3) is 5.55. The Bertz CT molecular complexity index is 353. The Hall–Kier alpha value is -1.27. The quantitative estimate of drug-likeness (QED) is 0.816. The Kier molecular flexibility index (Phi) is 4.77. The first-order valence-corrected chi connectivity index (χ1v) is 5.07. The number of hydrogen-bond acceptors (Lipinski definition) is 3. The number of halogens is 3.